The SMILES string of the molecule is O=C(Nc1cccc(Cl)c1Br)c1ccco1. The molecule has 2 aromatic rings. The summed E-state index contributed by atoms with van der Waals surface area (Å²) < 4.78 is 5.63. The van der Waals surface area contributed by atoms with Crippen LogP contribution in [0.25, 0.3) is 0 Å². The van der Waals surface area contributed by atoms with E-state index >= 15 is 0 Å². The lowest BCUT2D eigenvalue weighted by Crippen LogP contribution is -2.11. The van der Waals surface area contributed by atoms with Crippen LogP contribution in [0, 0.1) is 0 Å². The van der Waals surface area contributed by atoms with Crippen LogP contribution in [0.3, 0.4) is 0 Å². The van der Waals surface area contributed by atoms with Crippen LogP contribution < -0.4 is 5.32 Å². The average molecular weight is 301 g/mol. The molecule has 0 saturated heterocycles. The minimum atomic E-state index is -0.312. The predicted molar refractivity (Wildman–Crippen MR) is 65.8 cm³/mol. The van der Waals surface area contributed by atoms with Crippen molar-refractivity contribution in [1.29, 1.82) is 0 Å². The summed E-state index contributed by atoms with van der Waals surface area (Å²) in [6.07, 6.45) is 1.45. The van der Waals surface area contributed by atoms with E-state index in [-0.39, 0.29) is 11.7 Å². The molecular formula is C11H7BrClNO2. The van der Waals surface area contributed by atoms with Crippen molar-refractivity contribution in [1.82, 2.24) is 0 Å². The molecule has 0 radical (unpaired) electrons. The summed E-state index contributed by atoms with van der Waals surface area (Å²) in [4.78, 5) is 11.7. The number of hydrogen-bond donors (Lipinski definition) is 1. The maximum atomic E-state index is 11.7. The van der Waals surface area contributed by atoms with Crippen LogP contribution in [-0.4, -0.2) is 5.91 Å². The van der Waals surface area contributed by atoms with E-state index in [9.17, 15) is 4.79 Å². The molecule has 0 saturated carbocycles. The molecule has 0 aliphatic heterocycles. The molecule has 3 nitrogen and oxygen atoms in total. The Bertz CT molecular complexity index is 511. The fraction of sp³-hybridized carbons (Fsp3) is 0. The van der Waals surface area contributed by atoms with Gasteiger partial charge in [0.1, 0.15) is 0 Å². The number of nitrogens with one attached hydrogen (secondary N) is 1. The third kappa shape index (κ3) is 2.28. The second kappa shape index (κ2) is 4.72. The van der Waals surface area contributed by atoms with Gasteiger partial charge in [-0.2, -0.15) is 0 Å². The number of anilines is 1. The molecule has 1 aromatic heterocycles. The molecule has 1 aromatic carbocycles. The Labute approximate surface area is 106 Å². The predicted octanol–water partition coefficient (Wildman–Crippen LogP) is 3.95. The van der Waals surface area contributed by atoms with E-state index < -0.39 is 0 Å². The summed E-state index contributed by atoms with van der Waals surface area (Å²) in [5.74, 6) is -0.0557. The molecule has 0 spiro atoms. The lowest BCUT2D eigenvalue weighted by atomic mass is 10.3. The molecule has 0 aliphatic rings. The minimum Gasteiger partial charge on any atom is -0.459 e. The fourth-order valence-corrected chi connectivity index (χ4v) is 1.73. The first-order valence-corrected chi connectivity index (χ1v) is 5.64. The fourth-order valence-electron chi connectivity index (χ4n) is 1.19. The summed E-state index contributed by atoms with van der Waals surface area (Å²) in [5.41, 5.74) is 0.605. The second-order valence-corrected chi connectivity index (χ2v) is 4.23. The molecule has 1 N–H and O–H groups in total. The molecule has 0 atom stereocenters. The third-order valence-electron chi connectivity index (χ3n) is 1.94. The van der Waals surface area contributed by atoms with Crippen molar-refractivity contribution in [3.63, 3.8) is 0 Å². The van der Waals surface area contributed by atoms with Gasteiger partial charge in [-0.15, -0.1) is 0 Å². The lowest BCUT2D eigenvalue weighted by molar-refractivity contribution is 0.0996. The Balaban J connectivity index is 2.22. The van der Waals surface area contributed by atoms with Gasteiger partial charge in [-0.3, -0.25) is 4.79 Å². The molecule has 1 heterocycles. The smallest absolute Gasteiger partial charge is 0.291 e. The normalized spacial score (nSPS) is 10.1. The Morgan fingerprint density at radius 3 is 2.81 bits per heavy atom. The van der Waals surface area contributed by atoms with Gasteiger partial charge in [0, 0.05) is 0 Å². The molecule has 0 unspecified atom stereocenters. The summed E-state index contributed by atoms with van der Waals surface area (Å²) >= 11 is 9.20. The molecule has 5 heteroatoms. The highest BCUT2D eigenvalue weighted by molar-refractivity contribution is 9.10. The van der Waals surface area contributed by atoms with Gasteiger partial charge in [-0.05, 0) is 40.2 Å². The standard InChI is InChI=1S/C11H7BrClNO2/c12-10-7(13)3-1-4-8(10)14-11(15)9-5-2-6-16-9/h1-6H,(H,14,15). The molecular weight excluding hydrogens is 293 g/mol. The van der Waals surface area contributed by atoms with Crippen molar-refractivity contribution in [2.75, 3.05) is 5.32 Å². The Kier molecular flexibility index (Phi) is 3.31. The van der Waals surface area contributed by atoms with Gasteiger partial charge in [-0.25, -0.2) is 0 Å². The quantitative estimate of drug-likeness (QED) is 0.912. The van der Waals surface area contributed by atoms with E-state index in [2.05, 4.69) is 21.2 Å². The Morgan fingerprint density at radius 2 is 2.12 bits per heavy atom. The van der Waals surface area contributed by atoms with Crippen molar-refractivity contribution < 1.29 is 9.21 Å². The zero-order valence-corrected chi connectivity index (χ0v) is 10.4. The van der Waals surface area contributed by atoms with E-state index in [4.69, 9.17) is 16.0 Å². The summed E-state index contributed by atoms with van der Waals surface area (Å²) in [6, 6.07) is 8.48. The number of hydrogen-bond acceptors (Lipinski definition) is 2. The maximum absolute atomic E-state index is 11.7. The number of halogens is 2. The van der Waals surface area contributed by atoms with Gasteiger partial charge in [0.2, 0.25) is 0 Å². The van der Waals surface area contributed by atoms with Gasteiger partial charge in [0.05, 0.1) is 21.4 Å². The first kappa shape index (κ1) is 11.2. The van der Waals surface area contributed by atoms with E-state index in [1.165, 1.54) is 6.26 Å². The molecule has 0 aliphatic carbocycles. The topological polar surface area (TPSA) is 42.2 Å². The maximum Gasteiger partial charge on any atom is 0.291 e. The van der Waals surface area contributed by atoms with Crippen molar-refractivity contribution in [3.05, 3.63) is 51.9 Å². The van der Waals surface area contributed by atoms with E-state index in [0.29, 0.717) is 15.2 Å². The molecule has 2 rings (SSSR count). The van der Waals surface area contributed by atoms with Crippen LogP contribution in [0.15, 0.2) is 45.5 Å². The third-order valence-corrected chi connectivity index (χ3v) is 3.34. The van der Waals surface area contributed by atoms with Crippen molar-refractivity contribution in [3.8, 4) is 0 Å². The van der Waals surface area contributed by atoms with Gasteiger partial charge in [0.25, 0.3) is 5.91 Å². The minimum absolute atomic E-state index is 0.256. The van der Waals surface area contributed by atoms with Gasteiger partial charge in [0.15, 0.2) is 5.76 Å². The first-order chi connectivity index (χ1) is 7.68. The summed E-state index contributed by atoms with van der Waals surface area (Å²) in [6.45, 7) is 0. The van der Waals surface area contributed by atoms with E-state index in [1.54, 1.807) is 30.3 Å². The monoisotopic (exact) mass is 299 g/mol. The van der Waals surface area contributed by atoms with Crippen LogP contribution in [0.1, 0.15) is 10.6 Å². The van der Waals surface area contributed by atoms with Crippen molar-refractivity contribution in [2.45, 2.75) is 0 Å². The molecule has 0 bridgehead atoms. The van der Waals surface area contributed by atoms with Crippen LogP contribution >= 0.6 is 27.5 Å². The Morgan fingerprint density at radius 1 is 1.31 bits per heavy atom. The van der Waals surface area contributed by atoms with E-state index in [1.807, 2.05) is 0 Å². The van der Waals surface area contributed by atoms with Crippen LogP contribution in [0.5, 0.6) is 0 Å². The Hall–Kier alpha value is -1.26. The summed E-state index contributed by atoms with van der Waals surface area (Å²) in [7, 11) is 0. The van der Waals surface area contributed by atoms with Gasteiger partial charge < -0.3 is 9.73 Å². The molecule has 0 fully saturated rings. The average Bonchev–Trinajstić information content (AvgIpc) is 2.78. The van der Waals surface area contributed by atoms with Crippen molar-refractivity contribution in [2.24, 2.45) is 0 Å². The number of benzene rings is 1. The molecule has 82 valence electrons. The number of furan rings is 1. The zero-order chi connectivity index (χ0) is 11.5. The second-order valence-electron chi connectivity index (χ2n) is 3.03. The number of rotatable bonds is 2. The lowest BCUT2D eigenvalue weighted by Gasteiger charge is -2.06. The van der Waals surface area contributed by atoms with Gasteiger partial charge >= 0.3 is 0 Å². The van der Waals surface area contributed by atoms with Crippen LogP contribution in [0.2, 0.25) is 5.02 Å². The number of carbonyl (C=O) groups excluding carboxylic acids is 1. The zero-order valence-electron chi connectivity index (χ0n) is 8.04. The number of carbonyl (C=O) groups is 1. The highest BCUT2D eigenvalue weighted by Crippen LogP contribution is 2.30. The van der Waals surface area contributed by atoms with E-state index in [0.717, 1.165) is 0 Å². The summed E-state index contributed by atoms with van der Waals surface area (Å²) in [5, 5.41) is 3.23. The highest BCUT2D eigenvalue weighted by Gasteiger charge is 2.11. The van der Waals surface area contributed by atoms with Crippen LogP contribution in [0.4, 0.5) is 5.69 Å². The van der Waals surface area contributed by atoms with Crippen molar-refractivity contribution >= 4 is 39.1 Å². The molecule has 1 amide bonds. The number of amides is 1. The van der Waals surface area contributed by atoms with Crippen LogP contribution in [-0.2, 0) is 0 Å². The largest absolute Gasteiger partial charge is 0.459 e. The first-order valence-electron chi connectivity index (χ1n) is 4.47. The van der Waals surface area contributed by atoms with Gasteiger partial charge in [-0.1, -0.05) is 17.7 Å². The highest BCUT2D eigenvalue weighted by atomic mass is 79.9. The molecule has 16 heavy (non-hydrogen) atoms.